The molecule has 1 aromatic heterocycles. The Morgan fingerprint density at radius 3 is 3.38 bits per heavy atom. The largest absolute Gasteiger partial charge is 0.380 e. The number of nitrogens with one attached hydrogen (secondary N) is 1. The van der Waals surface area contributed by atoms with E-state index in [1.165, 1.54) is 17.7 Å². The minimum absolute atomic E-state index is 0.538. The molecule has 3 nitrogen and oxygen atoms in total. The van der Waals surface area contributed by atoms with E-state index in [2.05, 4.69) is 10.3 Å². The normalized spacial score (nSPS) is 23.2. The molecule has 0 amide bonds. The Balaban J connectivity index is 1.72. The summed E-state index contributed by atoms with van der Waals surface area (Å²) in [7, 11) is 0. The van der Waals surface area contributed by atoms with Crippen LogP contribution in [0.25, 0.3) is 0 Å². The summed E-state index contributed by atoms with van der Waals surface area (Å²) in [6.07, 6.45) is 4.33. The van der Waals surface area contributed by atoms with Crippen LogP contribution in [0.1, 0.15) is 17.7 Å². The Labute approximate surface area is 82.1 Å². The molecule has 0 bridgehead atoms. The Hall–Kier alpha value is -0.450. The summed E-state index contributed by atoms with van der Waals surface area (Å²) in [5.74, 6) is 0. The van der Waals surface area contributed by atoms with Crippen LogP contribution in [-0.4, -0.2) is 24.2 Å². The van der Waals surface area contributed by atoms with Gasteiger partial charge in [-0.2, -0.15) is 0 Å². The van der Waals surface area contributed by atoms with Gasteiger partial charge in [0.2, 0.25) is 0 Å². The second-order valence-electron chi connectivity index (χ2n) is 3.26. The van der Waals surface area contributed by atoms with Crippen LogP contribution in [0.4, 0.5) is 0 Å². The lowest BCUT2D eigenvalue weighted by Crippen LogP contribution is -2.36. The predicted molar refractivity (Wildman–Crippen MR) is 52.8 cm³/mol. The van der Waals surface area contributed by atoms with Gasteiger partial charge in [-0.25, -0.2) is 0 Å². The van der Waals surface area contributed by atoms with Gasteiger partial charge in [0.1, 0.15) is 0 Å². The first-order valence-corrected chi connectivity index (χ1v) is 5.51. The first-order valence-electron chi connectivity index (χ1n) is 4.63. The predicted octanol–water partition coefficient (Wildman–Crippen LogP) is 1.41. The van der Waals surface area contributed by atoms with E-state index in [1.54, 1.807) is 11.3 Å². The number of ether oxygens (including phenoxy) is 1. The summed E-state index contributed by atoms with van der Waals surface area (Å²) in [4.78, 5) is 5.33. The number of nitrogens with zero attached hydrogens (tertiary/aromatic N) is 1. The first kappa shape index (κ1) is 9.12. The molecule has 1 N–H and O–H groups in total. The SMILES string of the molecule is c1ncc(CN[C@@H]2CCCOC2)s1. The molecule has 72 valence electrons. The summed E-state index contributed by atoms with van der Waals surface area (Å²) in [5.41, 5.74) is 1.87. The Morgan fingerprint density at radius 1 is 1.69 bits per heavy atom. The number of thiazole rings is 1. The maximum atomic E-state index is 5.38. The molecular weight excluding hydrogens is 184 g/mol. The fraction of sp³-hybridized carbons (Fsp3) is 0.667. The van der Waals surface area contributed by atoms with Gasteiger partial charge in [-0.3, -0.25) is 4.98 Å². The van der Waals surface area contributed by atoms with Crippen LogP contribution in [0.5, 0.6) is 0 Å². The van der Waals surface area contributed by atoms with Crippen molar-refractivity contribution in [3.05, 3.63) is 16.6 Å². The van der Waals surface area contributed by atoms with Gasteiger partial charge in [0.25, 0.3) is 0 Å². The topological polar surface area (TPSA) is 34.2 Å². The molecule has 1 atom stereocenters. The zero-order valence-corrected chi connectivity index (χ0v) is 8.35. The van der Waals surface area contributed by atoms with Crippen LogP contribution in [-0.2, 0) is 11.3 Å². The third kappa shape index (κ3) is 2.76. The smallest absolute Gasteiger partial charge is 0.0794 e. The fourth-order valence-electron chi connectivity index (χ4n) is 1.48. The lowest BCUT2D eigenvalue weighted by Gasteiger charge is -2.22. The standard InChI is InChI=1S/C9H14N2OS/c1-2-8(6-12-3-1)11-5-9-4-10-7-13-9/h4,7-8,11H,1-3,5-6H2/t8-/m1/s1. The minimum Gasteiger partial charge on any atom is -0.380 e. The molecule has 1 saturated heterocycles. The lowest BCUT2D eigenvalue weighted by molar-refractivity contribution is 0.0700. The van der Waals surface area contributed by atoms with Crippen LogP contribution in [0.2, 0.25) is 0 Å². The van der Waals surface area contributed by atoms with Crippen LogP contribution in [0, 0.1) is 0 Å². The summed E-state index contributed by atoms with van der Waals surface area (Å²) in [6, 6.07) is 0.538. The Morgan fingerprint density at radius 2 is 2.69 bits per heavy atom. The molecule has 0 radical (unpaired) electrons. The highest BCUT2D eigenvalue weighted by molar-refractivity contribution is 7.09. The first-order chi connectivity index (χ1) is 6.45. The summed E-state index contributed by atoms with van der Waals surface area (Å²) < 4.78 is 5.38. The molecule has 2 rings (SSSR count). The van der Waals surface area contributed by atoms with Crippen molar-refractivity contribution < 1.29 is 4.74 Å². The van der Waals surface area contributed by atoms with Gasteiger partial charge in [-0.1, -0.05) is 0 Å². The monoisotopic (exact) mass is 198 g/mol. The van der Waals surface area contributed by atoms with Gasteiger partial charge in [0.15, 0.2) is 0 Å². The quantitative estimate of drug-likeness (QED) is 0.797. The average Bonchev–Trinajstić information content (AvgIpc) is 2.69. The molecule has 0 saturated carbocycles. The third-order valence-electron chi connectivity index (χ3n) is 2.21. The Bertz CT molecular complexity index is 232. The third-order valence-corrected chi connectivity index (χ3v) is 2.99. The van der Waals surface area contributed by atoms with Crippen molar-refractivity contribution in [2.45, 2.75) is 25.4 Å². The Kier molecular flexibility index (Phi) is 3.29. The molecule has 0 unspecified atom stereocenters. The van der Waals surface area contributed by atoms with Crippen molar-refractivity contribution in [1.29, 1.82) is 0 Å². The molecule has 2 heterocycles. The summed E-state index contributed by atoms with van der Waals surface area (Å²) in [6.45, 7) is 2.72. The van der Waals surface area contributed by atoms with E-state index in [1.807, 2.05) is 11.7 Å². The fourth-order valence-corrected chi connectivity index (χ4v) is 2.02. The number of aromatic nitrogens is 1. The van der Waals surface area contributed by atoms with E-state index in [4.69, 9.17) is 4.74 Å². The highest BCUT2D eigenvalue weighted by Gasteiger charge is 2.12. The van der Waals surface area contributed by atoms with Crippen molar-refractivity contribution in [2.75, 3.05) is 13.2 Å². The van der Waals surface area contributed by atoms with E-state index >= 15 is 0 Å². The molecule has 1 aromatic rings. The lowest BCUT2D eigenvalue weighted by atomic mass is 10.1. The summed E-state index contributed by atoms with van der Waals surface area (Å²) >= 11 is 1.70. The molecule has 13 heavy (non-hydrogen) atoms. The van der Waals surface area contributed by atoms with E-state index < -0.39 is 0 Å². The van der Waals surface area contributed by atoms with E-state index in [-0.39, 0.29) is 0 Å². The summed E-state index contributed by atoms with van der Waals surface area (Å²) in [5, 5.41) is 3.47. The minimum atomic E-state index is 0.538. The second kappa shape index (κ2) is 4.69. The maximum absolute atomic E-state index is 5.38. The van der Waals surface area contributed by atoms with E-state index in [0.29, 0.717) is 6.04 Å². The second-order valence-corrected chi connectivity index (χ2v) is 4.23. The van der Waals surface area contributed by atoms with E-state index in [0.717, 1.165) is 19.8 Å². The zero-order chi connectivity index (χ0) is 8.93. The van der Waals surface area contributed by atoms with Gasteiger partial charge in [0.05, 0.1) is 12.1 Å². The average molecular weight is 198 g/mol. The molecular formula is C9H14N2OS. The molecule has 0 spiro atoms. The molecule has 4 heteroatoms. The highest BCUT2D eigenvalue weighted by Crippen LogP contribution is 2.09. The van der Waals surface area contributed by atoms with Crippen molar-refractivity contribution in [3.8, 4) is 0 Å². The van der Waals surface area contributed by atoms with E-state index in [9.17, 15) is 0 Å². The van der Waals surface area contributed by atoms with Gasteiger partial charge in [-0.15, -0.1) is 11.3 Å². The van der Waals surface area contributed by atoms with Gasteiger partial charge in [0, 0.05) is 30.3 Å². The van der Waals surface area contributed by atoms with Crippen LogP contribution in [0.3, 0.4) is 0 Å². The van der Waals surface area contributed by atoms with Crippen LogP contribution in [0.15, 0.2) is 11.7 Å². The van der Waals surface area contributed by atoms with Crippen molar-refractivity contribution in [3.63, 3.8) is 0 Å². The highest BCUT2D eigenvalue weighted by atomic mass is 32.1. The van der Waals surface area contributed by atoms with Gasteiger partial charge < -0.3 is 10.1 Å². The van der Waals surface area contributed by atoms with Crippen molar-refractivity contribution >= 4 is 11.3 Å². The van der Waals surface area contributed by atoms with Crippen LogP contribution >= 0.6 is 11.3 Å². The zero-order valence-electron chi connectivity index (χ0n) is 7.53. The van der Waals surface area contributed by atoms with Crippen molar-refractivity contribution in [2.24, 2.45) is 0 Å². The maximum Gasteiger partial charge on any atom is 0.0794 e. The van der Waals surface area contributed by atoms with Crippen LogP contribution < -0.4 is 5.32 Å². The molecule has 1 fully saturated rings. The number of hydrogen-bond donors (Lipinski definition) is 1. The molecule has 1 aliphatic heterocycles. The molecule has 0 aromatic carbocycles. The van der Waals surface area contributed by atoms with Gasteiger partial charge >= 0.3 is 0 Å². The number of hydrogen-bond acceptors (Lipinski definition) is 4. The molecule has 1 aliphatic rings. The number of rotatable bonds is 3. The molecule has 0 aliphatic carbocycles. The van der Waals surface area contributed by atoms with Gasteiger partial charge in [-0.05, 0) is 12.8 Å². The van der Waals surface area contributed by atoms with Crippen molar-refractivity contribution in [1.82, 2.24) is 10.3 Å².